The van der Waals surface area contributed by atoms with Crippen LogP contribution in [0.3, 0.4) is 0 Å². The van der Waals surface area contributed by atoms with Gasteiger partial charge in [0.1, 0.15) is 0 Å². The normalized spacial score (nSPS) is 12.1. The number of nitrogens with zero attached hydrogens (tertiary/aromatic N) is 7. The molecule has 0 aliphatic carbocycles. The Morgan fingerprint density at radius 1 is 0.190 bits per heavy atom. The van der Waals surface area contributed by atoms with Crippen LogP contribution in [0.1, 0.15) is 45.6 Å². The van der Waals surface area contributed by atoms with Gasteiger partial charge in [-0.3, -0.25) is 0 Å². The molecule has 14 nitrogen and oxygen atoms in total. The molecule has 496 valence electrons. The van der Waals surface area contributed by atoms with Crippen molar-refractivity contribution in [2.75, 3.05) is 16.4 Å². The molecule has 15 aromatic rings. The lowest BCUT2D eigenvalue weighted by Gasteiger charge is -2.11. The summed E-state index contributed by atoms with van der Waals surface area (Å²) in [5.74, 6) is 0.572. The summed E-state index contributed by atoms with van der Waals surface area (Å²) in [4.78, 5) is 51.4. The largest absolute Gasteiger partial charge is 0.368 e. The SMILES string of the molecule is Nc1nc(Nc2ccc(-c3c4nc(c(-c5ccccc5)c5ccc([nH]5)c(-c5ccccc5)c5nc(c(-c6ccccc6)c6ccc3[nH]6)C=C5)C=C4)cc2)nc(Nc2ccc(-c3c4nc(c(-c5ccccc5)c5ccc([nH]5)c(-c5ccccc5)c5nc(c(-c6ccccc6)c6ccc3[nH]6)C=C5)C=C4)cc2)n1. The van der Waals surface area contributed by atoms with Crippen molar-refractivity contribution < 1.29 is 0 Å². The van der Waals surface area contributed by atoms with Gasteiger partial charge < -0.3 is 36.3 Å². The van der Waals surface area contributed by atoms with Gasteiger partial charge in [0.2, 0.25) is 17.8 Å². The molecular weight excluding hydrogens is 1290 g/mol. The van der Waals surface area contributed by atoms with Gasteiger partial charge in [0.15, 0.2) is 0 Å². The average molecular weight is 1350 g/mol. The average Bonchev–Trinajstić information content (AvgIpc) is 1.62. The first kappa shape index (κ1) is 61.5. The summed E-state index contributed by atoms with van der Waals surface area (Å²) in [6.45, 7) is 0. The number of rotatable bonds is 12. The van der Waals surface area contributed by atoms with Gasteiger partial charge in [-0.1, -0.05) is 206 Å². The molecule has 19 rings (SSSR count). The van der Waals surface area contributed by atoms with Gasteiger partial charge in [0, 0.05) is 100 Å². The minimum absolute atomic E-state index is 0.0430. The second kappa shape index (κ2) is 26.1. The Morgan fingerprint density at radius 3 is 0.562 bits per heavy atom. The smallest absolute Gasteiger partial charge is 0.233 e. The Kier molecular flexibility index (Phi) is 15.3. The van der Waals surface area contributed by atoms with Crippen molar-refractivity contribution in [1.29, 1.82) is 0 Å². The predicted molar refractivity (Wildman–Crippen MR) is 432 cm³/mol. The van der Waals surface area contributed by atoms with Crippen LogP contribution in [-0.4, -0.2) is 54.8 Å². The van der Waals surface area contributed by atoms with Crippen molar-refractivity contribution in [3.8, 4) is 89.0 Å². The van der Waals surface area contributed by atoms with Gasteiger partial charge in [-0.25, -0.2) is 19.9 Å². The highest BCUT2D eigenvalue weighted by molar-refractivity contribution is 6.03. The van der Waals surface area contributed by atoms with Crippen LogP contribution in [0.25, 0.3) is 182 Å². The number of aromatic nitrogens is 11. The number of hydrogen-bond acceptors (Lipinski definition) is 10. The third-order valence-corrected chi connectivity index (χ3v) is 19.4. The van der Waals surface area contributed by atoms with Gasteiger partial charge in [-0.05, 0) is 166 Å². The fourth-order valence-electron chi connectivity index (χ4n) is 14.7. The second-order valence-electron chi connectivity index (χ2n) is 25.9. The molecule has 0 amide bonds. The van der Waals surface area contributed by atoms with Gasteiger partial charge >= 0.3 is 0 Å². The molecule has 16 bridgehead atoms. The van der Waals surface area contributed by atoms with E-state index in [-0.39, 0.29) is 17.8 Å². The molecule has 0 unspecified atom stereocenters. The summed E-state index contributed by atoms with van der Waals surface area (Å²) in [6, 6.07) is 96.2. The molecule has 4 aliphatic heterocycles. The maximum atomic E-state index is 6.51. The number of nitrogen functional groups attached to an aromatic ring is 1. The maximum absolute atomic E-state index is 6.51. The zero-order chi connectivity index (χ0) is 69.7. The lowest BCUT2D eigenvalue weighted by molar-refractivity contribution is 1.07. The number of fused-ring (bicyclic) bond motifs is 16. The van der Waals surface area contributed by atoms with Gasteiger partial charge in [-0.15, -0.1) is 0 Å². The zero-order valence-electron chi connectivity index (χ0n) is 56.4. The first-order valence-electron chi connectivity index (χ1n) is 34.8. The first-order valence-corrected chi connectivity index (χ1v) is 34.8. The van der Waals surface area contributed by atoms with Crippen molar-refractivity contribution in [3.05, 3.63) is 325 Å². The highest BCUT2D eigenvalue weighted by Gasteiger charge is 2.23. The number of aromatic amines is 4. The second-order valence-corrected chi connectivity index (χ2v) is 25.9. The van der Waals surface area contributed by atoms with Crippen molar-refractivity contribution in [3.63, 3.8) is 0 Å². The van der Waals surface area contributed by atoms with E-state index in [0.717, 1.165) is 190 Å². The van der Waals surface area contributed by atoms with E-state index >= 15 is 0 Å². The van der Waals surface area contributed by atoms with E-state index in [1.165, 1.54) is 0 Å². The molecule has 8 aromatic carbocycles. The molecule has 0 atom stereocenters. The van der Waals surface area contributed by atoms with E-state index < -0.39 is 0 Å². The fourth-order valence-corrected chi connectivity index (χ4v) is 14.7. The Balaban J connectivity index is 0.685. The lowest BCUT2D eigenvalue weighted by Crippen LogP contribution is -2.07. The highest BCUT2D eigenvalue weighted by Crippen LogP contribution is 2.42. The number of nitrogens with two attached hydrogens (primary N) is 1. The Morgan fingerprint density at radius 2 is 0.371 bits per heavy atom. The Bertz CT molecular complexity index is 5950. The molecule has 8 N–H and O–H groups in total. The van der Waals surface area contributed by atoms with E-state index in [0.29, 0.717) is 0 Å². The summed E-state index contributed by atoms with van der Waals surface area (Å²) in [5, 5.41) is 6.84. The molecule has 14 heteroatoms. The Hall–Kier alpha value is -14.6. The summed E-state index contributed by atoms with van der Waals surface area (Å²) in [6.07, 6.45) is 16.9. The molecule has 0 saturated heterocycles. The van der Waals surface area contributed by atoms with Gasteiger partial charge in [-0.2, -0.15) is 15.0 Å². The molecule has 0 radical (unpaired) electrons. The quantitative estimate of drug-likeness (QED) is 0.0617. The van der Waals surface area contributed by atoms with Crippen LogP contribution in [0, 0.1) is 0 Å². The molecule has 7 aromatic heterocycles. The van der Waals surface area contributed by atoms with Crippen molar-refractivity contribution in [2.24, 2.45) is 0 Å². The van der Waals surface area contributed by atoms with Crippen molar-refractivity contribution in [1.82, 2.24) is 54.8 Å². The zero-order valence-corrected chi connectivity index (χ0v) is 56.4. The van der Waals surface area contributed by atoms with E-state index in [9.17, 15) is 0 Å². The van der Waals surface area contributed by atoms with Crippen LogP contribution < -0.4 is 16.4 Å². The molecule has 11 heterocycles. The fraction of sp³-hybridized carbons (Fsp3) is 0. The number of anilines is 5. The number of H-pyrrole nitrogens is 4. The highest BCUT2D eigenvalue weighted by atomic mass is 15.2. The molecule has 0 spiro atoms. The van der Waals surface area contributed by atoms with Crippen molar-refractivity contribution >= 4 is 122 Å². The topological polar surface area (TPSA) is 203 Å². The summed E-state index contributed by atoms with van der Waals surface area (Å²) in [5.41, 5.74) is 37.8. The third kappa shape index (κ3) is 11.7. The van der Waals surface area contributed by atoms with Gasteiger partial charge in [0.05, 0.1) is 45.6 Å². The summed E-state index contributed by atoms with van der Waals surface area (Å²) >= 11 is 0. The molecule has 0 saturated carbocycles. The van der Waals surface area contributed by atoms with Gasteiger partial charge in [0.25, 0.3) is 0 Å². The minimum atomic E-state index is 0.0430. The molecule has 0 fully saturated rings. The van der Waals surface area contributed by atoms with E-state index in [2.05, 4.69) is 308 Å². The summed E-state index contributed by atoms with van der Waals surface area (Å²) < 4.78 is 0. The molecular formula is C91H62N14. The van der Waals surface area contributed by atoms with Crippen LogP contribution in [0.5, 0.6) is 0 Å². The van der Waals surface area contributed by atoms with Crippen LogP contribution >= 0.6 is 0 Å². The van der Waals surface area contributed by atoms with Crippen LogP contribution in [0.4, 0.5) is 29.2 Å². The van der Waals surface area contributed by atoms with Crippen LogP contribution in [0.2, 0.25) is 0 Å². The van der Waals surface area contributed by atoms with E-state index in [4.69, 9.17) is 30.7 Å². The number of hydrogen-bond donors (Lipinski definition) is 7. The first-order chi connectivity index (χ1) is 51.9. The van der Waals surface area contributed by atoms with Crippen LogP contribution in [-0.2, 0) is 0 Å². The van der Waals surface area contributed by atoms with E-state index in [1.54, 1.807) is 0 Å². The Labute approximate surface area is 603 Å². The standard InChI is InChI=1S/C91H62N14/c92-89-103-90(93-63-35-31-61(32-36-63)87-77-51-47-73(99-77)83(57-23-11-3-12-24-57)69-43-39-65(95-69)81(55-19-7-1-8-20-55)66-40-44-70(96-66)84(58-25-13-4-14-26-58)74-48-52-78(87)100-74)105-91(104-89)94-64-37-33-62(34-38-64)88-79-53-49-75(101-79)85(59-27-15-5-16-28-59)71-45-41-67(97-71)82(56-21-9-2-10-22-56)68-42-46-72(98-68)86(60-29-17-6-18-30-60)76-50-54-80(88)102-76/h1-54,95,97,100,102H,(H4,92,93,94,103,104,105). The molecule has 105 heavy (non-hydrogen) atoms. The summed E-state index contributed by atoms with van der Waals surface area (Å²) in [7, 11) is 0. The maximum Gasteiger partial charge on any atom is 0.233 e. The minimum Gasteiger partial charge on any atom is -0.368 e. The monoisotopic (exact) mass is 1350 g/mol. The number of nitrogens with one attached hydrogen (secondary N) is 6. The number of benzene rings is 8. The van der Waals surface area contributed by atoms with E-state index in [1.807, 2.05) is 60.7 Å². The third-order valence-electron chi connectivity index (χ3n) is 19.4. The molecule has 4 aliphatic rings. The van der Waals surface area contributed by atoms with Crippen molar-refractivity contribution in [2.45, 2.75) is 0 Å². The lowest BCUT2D eigenvalue weighted by atomic mass is 10.0. The predicted octanol–water partition coefficient (Wildman–Crippen LogP) is 22.2. The van der Waals surface area contributed by atoms with Crippen LogP contribution in [0.15, 0.2) is 279 Å².